The third-order valence-electron chi connectivity index (χ3n) is 5.04. The molecule has 1 aromatic rings. The number of alkyl halides is 2. The molecule has 1 saturated carbocycles. The predicted molar refractivity (Wildman–Crippen MR) is 86.9 cm³/mol. The summed E-state index contributed by atoms with van der Waals surface area (Å²) in [7, 11) is 2.45. The maximum atomic E-state index is 14.0. The molecule has 0 saturated heterocycles. The van der Waals surface area contributed by atoms with Gasteiger partial charge in [0.05, 0.1) is 25.7 Å². The van der Waals surface area contributed by atoms with Crippen LogP contribution in [0.2, 0.25) is 0 Å². The Hall–Kier alpha value is -2.18. The maximum Gasteiger partial charge on any atom is 0.337 e. The first-order chi connectivity index (χ1) is 11.9. The molecule has 0 aromatic heterocycles. The Labute approximate surface area is 144 Å². The van der Waals surface area contributed by atoms with Crippen LogP contribution in [0.1, 0.15) is 28.8 Å². The van der Waals surface area contributed by atoms with Gasteiger partial charge < -0.3 is 14.4 Å². The van der Waals surface area contributed by atoms with Gasteiger partial charge in [0, 0.05) is 18.8 Å². The monoisotopic (exact) mass is 353 g/mol. The molecule has 0 amide bonds. The smallest absolute Gasteiger partial charge is 0.337 e. The highest BCUT2D eigenvalue weighted by Crippen LogP contribution is 2.56. The van der Waals surface area contributed by atoms with E-state index < -0.39 is 29.7 Å². The summed E-state index contributed by atoms with van der Waals surface area (Å²) in [5.41, 5.74) is 2.24. The topological polar surface area (TPSA) is 55.8 Å². The van der Waals surface area contributed by atoms with Crippen molar-refractivity contribution < 1.29 is 27.8 Å². The van der Waals surface area contributed by atoms with Crippen LogP contribution in [0.15, 0.2) is 18.2 Å². The number of esters is 2. The second-order valence-electron chi connectivity index (χ2n) is 6.52. The minimum atomic E-state index is -3.02. The Morgan fingerprint density at radius 2 is 2.00 bits per heavy atom. The summed E-state index contributed by atoms with van der Waals surface area (Å²) in [6.45, 7) is 0.738. The van der Waals surface area contributed by atoms with E-state index in [1.165, 1.54) is 7.11 Å². The molecular weight excluding hydrogens is 332 g/mol. The molecule has 0 radical (unpaired) electrons. The molecule has 0 spiro atoms. The standard InChI is InChI=1S/C18H21F2NO4/c1-24-16(22)12-6-7-14-11(9-12)5-3-4-8-21(14)10-13-15(17(23)25-2)18(13,19)20/h6-7,9,13,15H,3-5,8,10H2,1-2H3. The van der Waals surface area contributed by atoms with Gasteiger partial charge in [0.25, 0.3) is 5.92 Å². The molecule has 0 N–H and O–H groups in total. The molecule has 2 unspecified atom stereocenters. The number of halogens is 2. The molecule has 2 atom stereocenters. The van der Waals surface area contributed by atoms with Gasteiger partial charge >= 0.3 is 11.9 Å². The average Bonchev–Trinajstić information content (AvgIpc) is 3.22. The third-order valence-corrected chi connectivity index (χ3v) is 5.04. The SMILES string of the molecule is COC(=O)c1ccc2c(c1)CCCCN2CC1C(C(=O)OC)C1(F)F. The highest BCUT2D eigenvalue weighted by atomic mass is 19.3. The van der Waals surface area contributed by atoms with Crippen molar-refractivity contribution in [1.29, 1.82) is 0 Å². The van der Waals surface area contributed by atoms with Crippen molar-refractivity contribution in [2.45, 2.75) is 25.2 Å². The molecular formula is C18H21F2NO4. The first-order valence-electron chi connectivity index (χ1n) is 8.32. The second kappa shape index (κ2) is 6.61. The van der Waals surface area contributed by atoms with Gasteiger partial charge in [-0.15, -0.1) is 0 Å². The predicted octanol–water partition coefficient (Wildman–Crippen LogP) is 2.67. The molecule has 0 bridgehead atoms. The minimum Gasteiger partial charge on any atom is -0.469 e. The van der Waals surface area contributed by atoms with Crippen molar-refractivity contribution >= 4 is 17.6 Å². The summed E-state index contributed by atoms with van der Waals surface area (Å²) >= 11 is 0. The van der Waals surface area contributed by atoms with Gasteiger partial charge in [0.2, 0.25) is 0 Å². The van der Waals surface area contributed by atoms with E-state index in [4.69, 9.17) is 4.74 Å². The number of fused-ring (bicyclic) bond motifs is 1. The van der Waals surface area contributed by atoms with Crippen LogP contribution < -0.4 is 4.90 Å². The van der Waals surface area contributed by atoms with Crippen molar-refractivity contribution in [1.82, 2.24) is 0 Å². The van der Waals surface area contributed by atoms with Gasteiger partial charge in [0.1, 0.15) is 5.92 Å². The van der Waals surface area contributed by atoms with E-state index in [2.05, 4.69) is 4.74 Å². The number of methoxy groups -OCH3 is 2. The van der Waals surface area contributed by atoms with E-state index in [1.54, 1.807) is 18.2 Å². The number of anilines is 1. The van der Waals surface area contributed by atoms with Gasteiger partial charge in [-0.05, 0) is 43.0 Å². The quantitative estimate of drug-likeness (QED) is 0.779. The number of carbonyl (C=O) groups excluding carboxylic acids is 2. The highest BCUT2D eigenvalue weighted by Gasteiger charge is 2.72. The molecule has 2 aliphatic rings. The third kappa shape index (κ3) is 3.19. The van der Waals surface area contributed by atoms with Crippen LogP contribution >= 0.6 is 0 Å². The summed E-state index contributed by atoms with van der Waals surface area (Å²) in [5.74, 6) is -6.69. The maximum absolute atomic E-state index is 14.0. The lowest BCUT2D eigenvalue weighted by atomic mass is 10.0. The number of ether oxygens (including phenoxy) is 2. The van der Waals surface area contributed by atoms with Gasteiger partial charge in [-0.1, -0.05) is 0 Å². The van der Waals surface area contributed by atoms with Crippen molar-refractivity contribution in [2.24, 2.45) is 11.8 Å². The summed E-state index contributed by atoms with van der Waals surface area (Å²) in [6, 6.07) is 5.19. The first-order valence-corrected chi connectivity index (χ1v) is 8.32. The van der Waals surface area contributed by atoms with Crippen molar-refractivity contribution in [3.05, 3.63) is 29.3 Å². The van der Waals surface area contributed by atoms with Crippen LogP contribution in [0.5, 0.6) is 0 Å². The zero-order chi connectivity index (χ0) is 18.2. The van der Waals surface area contributed by atoms with Crippen LogP contribution in [0.25, 0.3) is 0 Å². The van der Waals surface area contributed by atoms with E-state index >= 15 is 0 Å². The molecule has 1 aliphatic carbocycles. The normalized spacial score (nSPS) is 24.1. The fourth-order valence-electron chi connectivity index (χ4n) is 3.57. The zero-order valence-electron chi connectivity index (χ0n) is 14.3. The number of aryl methyl sites for hydroxylation is 1. The molecule has 7 heteroatoms. The van der Waals surface area contributed by atoms with Crippen molar-refractivity contribution in [3.8, 4) is 0 Å². The van der Waals surface area contributed by atoms with E-state index in [1.807, 2.05) is 4.90 Å². The average molecular weight is 353 g/mol. The lowest BCUT2D eigenvalue weighted by Gasteiger charge is -2.25. The molecule has 136 valence electrons. The van der Waals surface area contributed by atoms with Crippen LogP contribution in [-0.2, 0) is 20.7 Å². The van der Waals surface area contributed by atoms with E-state index in [0.29, 0.717) is 12.1 Å². The van der Waals surface area contributed by atoms with Crippen LogP contribution in [0, 0.1) is 11.8 Å². The summed E-state index contributed by atoms with van der Waals surface area (Å²) < 4.78 is 37.1. The number of nitrogens with zero attached hydrogens (tertiary/aromatic N) is 1. The number of carbonyl (C=O) groups is 2. The van der Waals surface area contributed by atoms with Gasteiger partial charge in [0.15, 0.2) is 0 Å². The number of hydrogen-bond donors (Lipinski definition) is 0. The van der Waals surface area contributed by atoms with Crippen molar-refractivity contribution in [3.63, 3.8) is 0 Å². The number of hydrogen-bond acceptors (Lipinski definition) is 5. The van der Waals surface area contributed by atoms with Crippen molar-refractivity contribution in [2.75, 3.05) is 32.2 Å². The van der Waals surface area contributed by atoms with E-state index in [9.17, 15) is 18.4 Å². The lowest BCUT2D eigenvalue weighted by molar-refractivity contribution is -0.144. The molecule has 1 aliphatic heterocycles. The Morgan fingerprint density at radius 1 is 1.24 bits per heavy atom. The summed E-state index contributed by atoms with van der Waals surface area (Å²) in [6.07, 6.45) is 2.55. The molecule has 1 fully saturated rings. The van der Waals surface area contributed by atoms with Gasteiger partial charge in [-0.3, -0.25) is 4.79 Å². The zero-order valence-corrected chi connectivity index (χ0v) is 14.3. The molecule has 1 heterocycles. The van der Waals surface area contributed by atoms with Crippen LogP contribution in [-0.4, -0.2) is 45.2 Å². The van der Waals surface area contributed by atoms with E-state index in [0.717, 1.165) is 37.6 Å². The minimum absolute atomic E-state index is 0.0946. The molecule has 25 heavy (non-hydrogen) atoms. The largest absolute Gasteiger partial charge is 0.469 e. The Balaban J connectivity index is 1.82. The fourth-order valence-corrected chi connectivity index (χ4v) is 3.57. The fraction of sp³-hybridized carbons (Fsp3) is 0.556. The Kier molecular flexibility index (Phi) is 4.67. The highest BCUT2D eigenvalue weighted by molar-refractivity contribution is 5.90. The Bertz CT molecular complexity index is 692. The number of benzene rings is 1. The van der Waals surface area contributed by atoms with Crippen LogP contribution in [0.3, 0.4) is 0 Å². The summed E-state index contributed by atoms with van der Waals surface area (Å²) in [4.78, 5) is 25.1. The summed E-state index contributed by atoms with van der Waals surface area (Å²) in [5, 5.41) is 0. The first kappa shape index (κ1) is 17.6. The Morgan fingerprint density at radius 3 is 2.68 bits per heavy atom. The molecule has 5 nitrogen and oxygen atoms in total. The van der Waals surface area contributed by atoms with E-state index in [-0.39, 0.29) is 6.54 Å². The molecule has 1 aromatic carbocycles. The lowest BCUT2D eigenvalue weighted by Crippen LogP contribution is -2.28. The van der Waals surface area contributed by atoms with Gasteiger partial charge in [-0.25, -0.2) is 13.6 Å². The van der Waals surface area contributed by atoms with Gasteiger partial charge in [-0.2, -0.15) is 0 Å². The van der Waals surface area contributed by atoms with Crippen LogP contribution in [0.4, 0.5) is 14.5 Å². The number of rotatable bonds is 4. The second-order valence-corrected chi connectivity index (χ2v) is 6.52. The molecule has 3 rings (SSSR count).